The van der Waals surface area contributed by atoms with E-state index in [1.54, 1.807) is 0 Å². The molecule has 9 nitrogen and oxygen atoms in total. The fourth-order valence-electron chi connectivity index (χ4n) is 2.47. The predicted molar refractivity (Wildman–Crippen MR) is 83.8 cm³/mol. The van der Waals surface area contributed by atoms with Gasteiger partial charge in [-0.2, -0.15) is 4.98 Å². The Balaban J connectivity index is 2.55. The van der Waals surface area contributed by atoms with Gasteiger partial charge in [0.1, 0.15) is 23.4 Å². The van der Waals surface area contributed by atoms with Gasteiger partial charge in [0.05, 0.1) is 5.02 Å². The Morgan fingerprint density at radius 3 is 2.58 bits per heavy atom. The molecule has 0 saturated carbocycles. The summed E-state index contributed by atoms with van der Waals surface area (Å²) in [5.41, 5.74) is 2.13. The van der Waals surface area contributed by atoms with E-state index >= 15 is 0 Å². The van der Waals surface area contributed by atoms with Gasteiger partial charge >= 0.3 is 5.69 Å². The van der Waals surface area contributed by atoms with E-state index in [4.69, 9.17) is 33.7 Å². The lowest BCUT2D eigenvalue weighted by Gasteiger charge is -2.29. The molecule has 1 aliphatic rings. The van der Waals surface area contributed by atoms with Gasteiger partial charge in [0, 0.05) is 6.20 Å². The molecule has 1 aromatic rings. The highest BCUT2D eigenvalue weighted by molar-refractivity contribution is 6.32. The number of aliphatic hydroxyl groups is 2. The number of carbonyl (C=O) groups is 2. The average molecular weight is 380 g/mol. The summed E-state index contributed by atoms with van der Waals surface area (Å²) in [6.07, 6.45) is -3.81. The monoisotopic (exact) mass is 379 g/mol. The van der Waals surface area contributed by atoms with Crippen LogP contribution in [-0.4, -0.2) is 54.5 Å². The molecule has 1 aromatic heterocycles. The van der Waals surface area contributed by atoms with Crippen LogP contribution in [-0.2, 0) is 14.3 Å². The van der Waals surface area contributed by atoms with Gasteiger partial charge in [-0.3, -0.25) is 14.2 Å². The molecule has 5 atom stereocenters. The molecule has 0 bridgehead atoms. The van der Waals surface area contributed by atoms with Crippen LogP contribution in [0.15, 0.2) is 11.0 Å². The van der Waals surface area contributed by atoms with Crippen molar-refractivity contribution in [2.75, 3.05) is 5.73 Å². The summed E-state index contributed by atoms with van der Waals surface area (Å²) in [4.78, 5) is 38.8. The number of aliphatic hydroxyl groups excluding tert-OH is 1. The molecule has 0 spiro atoms. The smallest absolute Gasteiger partial charge is 0.351 e. The van der Waals surface area contributed by atoms with Crippen LogP contribution >= 0.6 is 23.2 Å². The Bertz CT molecular complexity index is 754. The van der Waals surface area contributed by atoms with E-state index in [1.807, 2.05) is 0 Å². The van der Waals surface area contributed by atoms with Crippen LogP contribution in [0.4, 0.5) is 5.82 Å². The Kier molecular flexibility index (Phi) is 5.03. The van der Waals surface area contributed by atoms with E-state index in [0.717, 1.165) is 24.6 Å². The summed E-state index contributed by atoms with van der Waals surface area (Å²) in [5.74, 6) is -1.80. The van der Waals surface area contributed by atoms with Crippen molar-refractivity contribution >= 4 is 40.6 Å². The highest BCUT2D eigenvalue weighted by atomic mass is 35.5. The summed E-state index contributed by atoms with van der Waals surface area (Å²) in [7, 11) is 0. The summed E-state index contributed by atoms with van der Waals surface area (Å²) in [5, 5.41) is 19.0. The zero-order chi connectivity index (χ0) is 18.4. The summed E-state index contributed by atoms with van der Waals surface area (Å²) in [6.45, 7) is 2.08. The third-order valence-electron chi connectivity index (χ3n) is 3.87. The van der Waals surface area contributed by atoms with Crippen molar-refractivity contribution in [3.8, 4) is 0 Å². The van der Waals surface area contributed by atoms with E-state index in [1.165, 1.54) is 0 Å². The highest BCUT2D eigenvalue weighted by Crippen LogP contribution is 2.42. The average Bonchev–Trinajstić information content (AvgIpc) is 2.76. The van der Waals surface area contributed by atoms with Crippen molar-refractivity contribution in [1.29, 1.82) is 0 Å². The third kappa shape index (κ3) is 2.82. The van der Waals surface area contributed by atoms with E-state index in [2.05, 4.69) is 4.98 Å². The standard InChI is InChI=1S/C13H15Cl2N3O6/c1-4(19)7(21)9-13(23,5(2)20)8(15)11(24-9)18-3-6(14)10(16)17-12(18)22/h3,7-9,11,21,23H,1-2H3,(H2,16,17,22)/t7?,8-,9+,11+,13-/m0/s1. The lowest BCUT2D eigenvalue weighted by atomic mass is 9.86. The molecule has 0 radical (unpaired) electrons. The van der Waals surface area contributed by atoms with Crippen molar-refractivity contribution in [3.63, 3.8) is 0 Å². The highest BCUT2D eigenvalue weighted by Gasteiger charge is 2.62. The van der Waals surface area contributed by atoms with E-state index < -0.39 is 46.7 Å². The lowest BCUT2D eigenvalue weighted by molar-refractivity contribution is -0.158. The second-order valence-corrected chi connectivity index (χ2v) is 6.33. The summed E-state index contributed by atoms with van der Waals surface area (Å²) in [6, 6.07) is 0. The van der Waals surface area contributed by atoms with Gasteiger partial charge in [-0.25, -0.2) is 4.79 Å². The molecule has 1 saturated heterocycles. The number of carbonyl (C=O) groups excluding carboxylic acids is 2. The largest absolute Gasteiger partial charge is 0.382 e. The summed E-state index contributed by atoms with van der Waals surface area (Å²) < 4.78 is 6.22. The molecule has 0 aliphatic carbocycles. The number of ether oxygens (including phenoxy) is 1. The quantitative estimate of drug-likeness (QED) is 0.579. The fourth-order valence-corrected chi connectivity index (χ4v) is 3.07. The van der Waals surface area contributed by atoms with Crippen molar-refractivity contribution < 1.29 is 24.5 Å². The number of hydrogen-bond acceptors (Lipinski definition) is 8. The number of hydrogen-bond donors (Lipinski definition) is 3. The van der Waals surface area contributed by atoms with Crippen molar-refractivity contribution in [2.45, 2.75) is 43.3 Å². The maximum Gasteiger partial charge on any atom is 0.351 e. The van der Waals surface area contributed by atoms with Crippen LogP contribution in [0.5, 0.6) is 0 Å². The van der Waals surface area contributed by atoms with Crippen LogP contribution < -0.4 is 11.4 Å². The minimum absolute atomic E-state index is 0.0796. The van der Waals surface area contributed by atoms with Crippen LogP contribution in [0.25, 0.3) is 0 Å². The van der Waals surface area contributed by atoms with Crippen LogP contribution in [0, 0.1) is 0 Å². The first kappa shape index (κ1) is 18.8. The SMILES string of the molecule is CC(=O)C(O)[C@H]1O[C@@H](n2cc(Cl)c(N)nc2=O)[C@H](Cl)[C@@]1(O)C(C)=O. The topological polar surface area (TPSA) is 145 Å². The van der Waals surface area contributed by atoms with Gasteiger partial charge in [0.2, 0.25) is 0 Å². The maximum absolute atomic E-state index is 12.0. The number of anilines is 1. The molecule has 0 aromatic carbocycles. The number of nitrogen functional groups attached to an aromatic ring is 1. The number of ketones is 2. The van der Waals surface area contributed by atoms with Gasteiger partial charge in [0.15, 0.2) is 23.4 Å². The number of halogens is 2. The third-order valence-corrected chi connectivity index (χ3v) is 4.71. The molecule has 1 fully saturated rings. The van der Waals surface area contributed by atoms with Gasteiger partial charge in [-0.1, -0.05) is 11.6 Å². The first-order valence-corrected chi connectivity index (χ1v) is 7.58. The van der Waals surface area contributed by atoms with E-state index in [9.17, 15) is 24.6 Å². The zero-order valence-corrected chi connectivity index (χ0v) is 14.2. The Labute approximate surface area is 145 Å². The number of alkyl halides is 1. The molecule has 4 N–H and O–H groups in total. The van der Waals surface area contributed by atoms with E-state index in [-0.39, 0.29) is 10.8 Å². The van der Waals surface area contributed by atoms with Crippen LogP contribution in [0.2, 0.25) is 5.02 Å². The van der Waals surface area contributed by atoms with Gasteiger partial charge in [0.25, 0.3) is 0 Å². The molecule has 2 rings (SSSR count). The molecule has 132 valence electrons. The van der Waals surface area contributed by atoms with Crippen molar-refractivity contribution in [2.24, 2.45) is 0 Å². The lowest BCUT2D eigenvalue weighted by Crippen LogP contribution is -2.56. The number of nitrogens with zero attached hydrogens (tertiary/aromatic N) is 2. The summed E-state index contributed by atoms with van der Waals surface area (Å²) >= 11 is 12.0. The van der Waals surface area contributed by atoms with Crippen molar-refractivity contribution in [1.82, 2.24) is 9.55 Å². The molecule has 11 heteroatoms. The molecule has 0 amide bonds. The molecule has 2 heterocycles. The number of nitrogens with two attached hydrogens (primary N) is 1. The number of Topliss-reactive ketones (excluding diaryl/α,β-unsaturated/α-hetero) is 2. The minimum atomic E-state index is -2.40. The molecule has 1 unspecified atom stereocenters. The first-order chi connectivity index (χ1) is 11.0. The number of rotatable bonds is 4. The minimum Gasteiger partial charge on any atom is -0.382 e. The first-order valence-electron chi connectivity index (χ1n) is 6.77. The van der Waals surface area contributed by atoms with Crippen LogP contribution in [0.1, 0.15) is 20.1 Å². The maximum atomic E-state index is 12.0. The second kappa shape index (κ2) is 6.41. The molecule has 1 aliphatic heterocycles. The zero-order valence-electron chi connectivity index (χ0n) is 12.6. The normalized spacial score (nSPS) is 31.0. The Hall–Kier alpha value is -1.52. The van der Waals surface area contributed by atoms with Gasteiger partial charge in [-0.15, -0.1) is 11.6 Å². The number of aromatic nitrogens is 2. The van der Waals surface area contributed by atoms with Gasteiger partial charge in [-0.05, 0) is 13.8 Å². The Morgan fingerprint density at radius 2 is 2.08 bits per heavy atom. The second-order valence-electron chi connectivity index (χ2n) is 5.45. The van der Waals surface area contributed by atoms with E-state index in [0.29, 0.717) is 0 Å². The molecular formula is C13H15Cl2N3O6. The van der Waals surface area contributed by atoms with Gasteiger partial charge < -0.3 is 20.7 Å². The predicted octanol–water partition coefficient (Wildman–Crippen LogP) is -0.746. The van der Waals surface area contributed by atoms with Crippen LogP contribution in [0.3, 0.4) is 0 Å². The van der Waals surface area contributed by atoms with Crippen molar-refractivity contribution in [3.05, 3.63) is 21.7 Å². The Morgan fingerprint density at radius 1 is 1.50 bits per heavy atom. The fraction of sp³-hybridized carbons (Fsp3) is 0.538. The molecular weight excluding hydrogens is 365 g/mol. The molecule has 24 heavy (non-hydrogen) atoms.